The first kappa shape index (κ1) is 14.5. The average Bonchev–Trinajstić information content (AvgIpc) is 2.30. The summed E-state index contributed by atoms with van der Waals surface area (Å²) in [6, 6.07) is 0. The lowest BCUT2D eigenvalue weighted by Gasteiger charge is -2.37. The van der Waals surface area contributed by atoms with Crippen molar-refractivity contribution in [1.29, 1.82) is 0 Å². The van der Waals surface area contributed by atoms with Crippen LogP contribution in [0.5, 0.6) is 0 Å². The molecule has 0 spiro atoms. The van der Waals surface area contributed by atoms with E-state index in [2.05, 4.69) is 10.6 Å². The normalized spacial score (nSPS) is 22.8. The van der Waals surface area contributed by atoms with Crippen LogP contribution >= 0.6 is 0 Å². The van der Waals surface area contributed by atoms with Gasteiger partial charge < -0.3 is 15.7 Å². The zero-order chi connectivity index (χ0) is 12.9. The topological polar surface area (TPSA) is 61.4 Å². The zero-order valence-electron chi connectivity index (χ0n) is 11.3. The fourth-order valence-electron chi connectivity index (χ4n) is 2.21. The van der Waals surface area contributed by atoms with Crippen molar-refractivity contribution >= 4 is 5.91 Å². The lowest BCUT2D eigenvalue weighted by molar-refractivity contribution is -0.133. The molecule has 100 valence electrons. The first-order valence-corrected chi connectivity index (χ1v) is 6.60. The first-order chi connectivity index (χ1) is 7.96. The molecule has 17 heavy (non-hydrogen) atoms. The highest BCUT2D eigenvalue weighted by Gasteiger charge is 2.37. The van der Waals surface area contributed by atoms with Gasteiger partial charge in [0.2, 0.25) is 5.91 Å². The highest BCUT2D eigenvalue weighted by atomic mass is 16.3. The minimum Gasteiger partial charge on any atom is -0.396 e. The maximum Gasteiger partial charge on any atom is 0.226 e. The molecule has 0 aromatic rings. The van der Waals surface area contributed by atoms with E-state index in [1.165, 1.54) is 0 Å². The summed E-state index contributed by atoms with van der Waals surface area (Å²) in [5, 5.41) is 15.5. The Balaban J connectivity index is 2.63. The van der Waals surface area contributed by atoms with Crippen molar-refractivity contribution in [2.45, 2.75) is 52.0 Å². The van der Waals surface area contributed by atoms with E-state index in [1.807, 2.05) is 20.8 Å². The molecule has 0 radical (unpaired) electrons. The Hall–Kier alpha value is -0.610. The third kappa shape index (κ3) is 3.68. The second kappa shape index (κ2) is 5.83. The van der Waals surface area contributed by atoms with E-state index in [0.717, 1.165) is 32.4 Å². The van der Waals surface area contributed by atoms with Crippen LogP contribution in [0.4, 0.5) is 0 Å². The lowest BCUT2D eigenvalue weighted by Crippen LogP contribution is -2.53. The van der Waals surface area contributed by atoms with Crippen molar-refractivity contribution in [3.8, 4) is 0 Å². The second-order valence-corrected chi connectivity index (χ2v) is 5.65. The van der Waals surface area contributed by atoms with Gasteiger partial charge in [0.1, 0.15) is 0 Å². The molecule has 0 aromatic carbocycles. The first-order valence-electron chi connectivity index (χ1n) is 6.60. The summed E-state index contributed by atoms with van der Waals surface area (Å²) in [6.45, 7) is 8.02. The summed E-state index contributed by atoms with van der Waals surface area (Å²) >= 11 is 0. The largest absolute Gasteiger partial charge is 0.396 e. The van der Waals surface area contributed by atoms with Gasteiger partial charge in [-0.1, -0.05) is 13.8 Å². The number of amides is 1. The Kier molecular flexibility index (Phi) is 4.95. The van der Waals surface area contributed by atoms with E-state index < -0.39 is 0 Å². The van der Waals surface area contributed by atoms with Crippen molar-refractivity contribution < 1.29 is 9.90 Å². The van der Waals surface area contributed by atoms with Gasteiger partial charge in [-0.25, -0.2) is 0 Å². The van der Waals surface area contributed by atoms with E-state index in [0.29, 0.717) is 6.42 Å². The number of rotatable bonds is 5. The van der Waals surface area contributed by atoms with Gasteiger partial charge in [0.15, 0.2) is 0 Å². The summed E-state index contributed by atoms with van der Waals surface area (Å²) in [6.07, 6.45) is 3.23. The molecule has 1 heterocycles. The van der Waals surface area contributed by atoms with Gasteiger partial charge in [0.05, 0.1) is 0 Å². The molecule has 1 amide bonds. The van der Waals surface area contributed by atoms with Gasteiger partial charge in [-0.2, -0.15) is 0 Å². The molecule has 0 saturated carbocycles. The molecule has 4 nitrogen and oxygen atoms in total. The average molecular weight is 242 g/mol. The van der Waals surface area contributed by atoms with E-state index in [4.69, 9.17) is 5.11 Å². The molecule has 1 aliphatic rings. The standard InChI is InChI=1S/C13H26N2O2/c1-4-13(3,7-10-16)15-11(17)12(2)5-8-14-9-6-12/h14,16H,4-10H2,1-3H3,(H,15,17). The number of carbonyl (C=O) groups is 1. The predicted octanol–water partition coefficient (Wildman–Crippen LogP) is 1.04. The van der Waals surface area contributed by atoms with E-state index >= 15 is 0 Å². The van der Waals surface area contributed by atoms with E-state index in [9.17, 15) is 4.79 Å². The van der Waals surface area contributed by atoms with Crippen LogP contribution in [0.2, 0.25) is 0 Å². The van der Waals surface area contributed by atoms with Gasteiger partial charge in [0.25, 0.3) is 0 Å². The molecule has 1 unspecified atom stereocenters. The Morgan fingerprint density at radius 1 is 1.47 bits per heavy atom. The van der Waals surface area contributed by atoms with Gasteiger partial charge in [-0.15, -0.1) is 0 Å². The highest BCUT2D eigenvalue weighted by molar-refractivity contribution is 5.83. The van der Waals surface area contributed by atoms with Crippen molar-refractivity contribution in [3.05, 3.63) is 0 Å². The third-order valence-corrected chi connectivity index (χ3v) is 4.11. The molecular weight excluding hydrogens is 216 g/mol. The molecule has 0 aliphatic carbocycles. The number of piperidine rings is 1. The number of hydrogen-bond acceptors (Lipinski definition) is 3. The van der Waals surface area contributed by atoms with Gasteiger partial charge in [-0.3, -0.25) is 4.79 Å². The molecule has 3 N–H and O–H groups in total. The van der Waals surface area contributed by atoms with Gasteiger partial charge in [0, 0.05) is 17.6 Å². The van der Waals surface area contributed by atoms with Crippen LogP contribution < -0.4 is 10.6 Å². The quantitative estimate of drug-likeness (QED) is 0.675. The molecular formula is C13H26N2O2. The Morgan fingerprint density at radius 2 is 2.06 bits per heavy atom. The second-order valence-electron chi connectivity index (χ2n) is 5.65. The maximum absolute atomic E-state index is 12.3. The Morgan fingerprint density at radius 3 is 2.53 bits per heavy atom. The van der Waals surface area contributed by atoms with Gasteiger partial charge in [-0.05, 0) is 45.7 Å². The summed E-state index contributed by atoms with van der Waals surface area (Å²) in [5.41, 5.74) is -0.531. The zero-order valence-corrected chi connectivity index (χ0v) is 11.3. The third-order valence-electron chi connectivity index (χ3n) is 4.11. The van der Waals surface area contributed by atoms with Crippen molar-refractivity contribution in [3.63, 3.8) is 0 Å². The molecule has 1 atom stereocenters. The lowest BCUT2D eigenvalue weighted by atomic mass is 9.79. The number of hydrogen-bond donors (Lipinski definition) is 3. The Labute approximate surface area is 104 Å². The fourth-order valence-corrected chi connectivity index (χ4v) is 2.21. The summed E-state index contributed by atoms with van der Waals surface area (Å²) in [4.78, 5) is 12.3. The van der Waals surface area contributed by atoms with Crippen LogP contribution in [0, 0.1) is 5.41 Å². The van der Waals surface area contributed by atoms with Gasteiger partial charge >= 0.3 is 0 Å². The van der Waals surface area contributed by atoms with Crippen molar-refractivity contribution in [2.75, 3.05) is 19.7 Å². The van der Waals surface area contributed by atoms with Crippen LogP contribution in [0.15, 0.2) is 0 Å². The van der Waals surface area contributed by atoms with E-state index in [-0.39, 0.29) is 23.5 Å². The molecule has 1 saturated heterocycles. The molecule has 1 rings (SSSR count). The van der Waals surface area contributed by atoms with Crippen LogP contribution in [0.25, 0.3) is 0 Å². The summed E-state index contributed by atoms with van der Waals surface area (Å²) in [5.74, 6) is 0.136. The van der Waals surface area contributed by atoms with E-state index in [1.54, 1.807) is 0 Å². The monoisotopic (exact) mass is 242 g/mol. The molecule has 1 fully saturated rings. The molecule has 0 aromatic heterocycles. The molecule has 0 bridgehead atoms. The number of nitrogens with one attached hydrogen (secondary N) is 2. The van der Waals surface area contributed by atoms with Crippen LogP contribution in [0.3, 0.4) is 0 Å². The minimum atomic E-state index is -0.278. The predicted molar refractivity (Wildman–Crippen MR) is 68.8 cm³/mol. The smallest absolute Gasteiger partial charge is 0.226 e. The number of carbonyl (C=O) groups excluding carboxylic acids is 1. The van der Waals surface area contributed by atoms with Crippen molar-refractivity contribution in [2.24, 2.45) is 5.41 Å². The van der Waals surface area contributed by atoms with Crippen LogP contribution in [-0.4, -0.2) is 36.2 Å². The van der Waals surface area contributed by atoms with Crippen LogP contribution in [0.1, 0.15) is 46.5 Å². The van der Waals surface area contributed by atoms with Crippen molar-refractivity contribution in [1.82, 2.24) is 10.6 Å². The Bertz CT molecular complexity index is 262. The molecule has 4 heteroatoms. The highest BCUT2D eigenvalue weighted by Crippen LogP contribution is 2.29. The fraction of sp³-hybridized carbons (Fsp3) is 0.923. The maximum atomic E-state index is 12.3. The van der Waals surface area contributed by atoms with Crippen LogP contribution in [-0.2, 0) is 4.79 Å². The number of aliphatic hydroxyl groups is 1. The SMILES string of the molecule is CCC(C)(CCO)NC(=O)C1(C)CCNCC1. The molecule has 1 aliphatic heterocycles. The summed E-state index contributed by atoms with van der Waals surface area (Å²) in [7, 11) is 0. The summed E-state index contributed by atoms with van der Waals surface area (Å²) < 4.78 is 0. The number of aliphatic hydroxyl groups excluding tert-OH is 1. The minimum absolute atomic E-state index is 0.114.